The van der Waals surface area contributed by atoms with Crippen LogP contribution in [-0.2, 0) is 12.2 Å². The summed E-state index contributed by atoms with van der Waals surface area (Å²) in [5.74, 6) is 2.07. The third-order valence-electron chi connectivity index (χ3n) is 1.84. The van der Waals surface area contributed by atoms with E-state index in [1.165, 1.54) is 0 Å². The normalized spacial score (nSPS) is 16.0. The first kappa shape index (κ1) is 6.91. The first-order valence-electron chi connectivity index (χ1n) is 3.51. The van der Waals surface area contributed by atoms with Gasteiger partial charge in [-0.3, -0.25) is 9.89 Å². The maximum atomic E-state index is 10.5. The van der Waals surface area contributed by atoms with Crippen LogP contribution in [0.1, 0.15) is 21.7 Å². The summed E-state index contributed by atoms with van der Waals surface area (Å²) in [6.07, 6.45) is 1.80. The number of H-pyrrole nitrogens is 1. The molecule has 1 aliphatic heterocycles. The summed E-state index contributed by atoms with van der Waals surface area (Å²) in [5, 5.41) is 6.78. The van der Waals surface area contributed by atoms with E-state index < -0.39 is 0 Å². The molecule has 0 saturated carbocycles. The quantitative estimate of drug-likeness (QED) is 0.636. The molecule has 0 saturated heterocycles. The Morgan fingerprint density at radius 3 is 3.36 bits per heavy atom. The number of thioether (sulfide) groups is 1. The Labute approximate surface area is 68.6 Å². The Balaban J connectivity index is 2.45. The fraction of sp³-hybridized carbons (Fsp3) is 0.429. The monoisotopic (exact) mass is 168 g/mol. The van der Waals surface area contributed by atoms with Crippen LogP contribution in [0.2, 0.25) is 0 Å². The predicted molar refractivity (Wildman–Crippen MR) is 43.8 cm³/mol. The van der Waals surface area contributed by atoms with Crippen molar-refractivity contribution in [3.63, 3.8) is 0 Å². The van der Waals surface area contributed by atoms with Crippen LogP contribution >= 0.6 is 11.8 Å². The van der Waals surface area contributed by atoms with Gasteiger partial charge in [0, 0.05) is 17.0 Å². The number of carbonyl (C=O) groups excluding carboxylic acids is 1. The topological polar surface area (TPSA) is 45.8 Å². The zero-order valence-corrected chi connectivity index (χ0v) is 6.78. The van der Waals surface area contributed by atoms with Crippen LogP contribution in [0, 0.1) is 0 Å². The minimum absolute atomic E-state index is 0.598. The van der Waals surface area contributed by atoms with Crippen molar-refractivity contribution in [2.75, 3.05) is 5.75 Å². The largest absolute Gasteiger partial charge is 0.296 e. The predicted octanol–water partition coefficient (Wildman–Crippen LogP) is 1.01. The van der Waals surface area contributed by atoms with Crippen LogP contribution in [0.5, 0.6) is 0 Å². The van der Waals surface area contributed by atoms with Crippen molar-refractivity contribution in [2.24, 2.45) is 0 Å². The van der Waals surface area contributed by atoms with Gasteiger partial charge in [0.25, 0.3) is 0 Å². The Morgan fingerprint density at radius 2 is 2.55 bits per heavy atom. The van der Waals surface area contributed by atoms with E-state index in [4.69, 9.17) is 0 Å². The maximum absolute atomic E-state index is 10.5. The van der Waals surface area contributed by atoms with Crippen LogP contribution in [0.25, 0.3) is 0 Å². The molecule has 0 fully saturated rings. The summed E-state index contributed by atoms with van der Waals surface area (Å²) in [6, 6.07) is 0. The third kappa shape index (κ3) is 1.07. The van der Waals surface area contributed by atoms with Crippen molar-refractivity contribution in [3.05, 3.63) is 17.0 Å². The van der Waals surface area contributed by atoms with Gasteiger partial charge in [-0.25, -0.2) is 0 Å². The second-order valence-electron chi connectivity index (χ2n) is 2.49. The third-order valence-corrected chi connectivity index (χ3v) is 2.82. The summed E-state index contributed by atoms with van der Waals surface area (Å²) in [4.78, 5) is 10.5. The van der Waals surface area contributed by atoms with Crippen molar-refractivity contribution in [2.45, 2.75) is 12.2 Å². The molecule has 1 N–H and O–H groups in total. The summed E-state index contributed by atoms with van der Waals surface area (Å²) in [6.45, 7) is 0. The molecule has 0 aliphatic carbocycles. The van der Waals surface area contributed by atoms with Gasteiger partial charge in [0.15, 0.2) is 6.29 Å². The number of aromatic nitrogens is 2. The van der Waals surface area contributed by atoms with Gasteiger partial charge in [0.1, 0.15) is 5.69 Å². The molecule has 1 aromatic heterocycles. The number of nitrogens with one attached hydrogen (secondary N) is 1. The van der Waals surface area contributed by atoms with Crippen LogP contribution in [0.15, 0.2) is 0 Å². The summed E-state index contributed by atoms with van der Waals surface area (Å²) in [7, 11) is 0. The first-order valence-corrected chi connectivity index (χ1v) is 4.66. The van der Waals surface area contributed by atoms with E-state index in [-0.39, 0.29) is 0 Å². The molecule has 0 amide bonds. The average Bonchev–Trinajstić information content (AvgIpc) is 2.47. The number of carbonyl (C=O) groups is 1. The highest BCUT2D eigenvalue weighted by Crippen LogP contribution is 2.23. The molecular weight excluding hydrogens is 160 g/mol. The molecule has 0 radical (unpaired) electrons. The van der Waals surface area contributed by atoms with Crippen molar-refractivity contribution < 1.29 is 4.79 Å². The summed E-state index contributed by atoms with van der Waals surface area (Å²) < 4.78 is 0. The molecule has 2 rings (SSSR count). The standard InChI is InChI=1S/C7H8N2OS/c10-3-6-5-1-2-11-4-7(5)9-8-6/h3H,1-2,4H2,(H,8,9). The number of aromatic amines is 1. The average molecular weight is 168 g/mol. The van der Waals surface area contributed by atoms with Gasteiger partial charge in [-0.2, -0.15) is 16.9 Å². The highest BCUT2D eigenvalue weighted by Gasteiger charge is 2.15. The van der Waals surface area contributed by atoms with Crippen molar-refractivity contribution in [1.82, 2.24) is 10.2 Å². The lowest BCUT2D eigenvalue weighted by molar-refractivity contribution is 0.111. The zero-order valence-electron chi connectivity index (χ0n) is 5.96. The SMILES string of the molecule is O=Cc1n[nH]c2c1CCSC2. The fourth-order valence-electron chi connectivity index (χ4n) is 1.26. The number of rotatable bonds is 1. The molecule has 0 bridgehead atoms. The van der Waals surface area contributed by atoms with E-state index in [0.717, 1.165) is 35.5 Å². The lowest BCUT2D eigenvalue weighted by Crippen LogP contribution is -2.01. The van der Waals surface area contributed by atoms with Gasteiger partial charge in [-0.15, -0.1) is 0 Å². The van der Waals surface area contributed by atoms with E-state index in [9.17, 15) is 4.79 Å². The van der Waals surface area contributed by atoms with Crippen LogP contribution < -0.4 is 0 Å². The molecule has 1 aromatic rings. The van der Waals surface area contributed by atoms with E-state index in [1.807, 2.05) is 11.8 Å². The maximum Gasteiger partial charge on any atom is 0.170 e. The van der Waals surface area contributed by atoms with Gasteiger partial charge in [0.2, 0.25) is 0 Å². The van der Waals surface area contributed by atoms with Crippen LogP contribution in [0.3, 0.4) is 0 Å². The van der Waals surface area contributed by atoms with Gasteiger partial charge in [0.05, 0.1) is 0 Å². The van der Waals surface area contributed by atoms with Crippen molar-refractivity contribution in [3.8, 4) is 0 Å². The summed E-state index contributed by atoms with van der Waals surface area (Å²) in [5.41, 5.74) is 2.85. The highest BCUT2D eigenvalue weighted by atomic mass is 32.2. The number of aldehydes is 1. The first-order chi connectivity index (χ1) is 5.42. The molecule has 0 spiro atoms. The Hall–Kier alpha value is -0.770. The fourth-order valence-corrected chi connectivity index (χ4v) is 2.20. The van der Waals surface area contributed by atoms with Crippen LogP contribution in [0.4, 0.5) is 0 Å². The minimum atomic E-state index is 0.598. The molecule has 0 unspecified atom stereocenters. The van der Waals surface area contributed by atoms with Crippen molar-refractivity contribution in [1.29, 1.82) is 0 Å². The van der Waals surface area contributed by atoms with Gasteiger partial charge in [-0.05, 0) is 12.2 Å². The van der Waals surface area contributed by atoms with Crippen molar-refractivity contribution >= 4 is 18.0 Å². The van der Waals surface area contributed by atoms with E-state index in [1.54, 1.807) is 0 Å². The Bertz CT molecular complexity index is 282. The highest BCUT2D eigenvalue weighted by molar-refractivity contribution is 7.98. The molecule has 0 aromatic carbocycles. The lowest BCUT2D eigenvalue weighted by atomic mass is 10.1. The molecule has 4 heteroatoms. The molecule has 58 valence electrons. The van der Waals surface area contributed by atoms with E-state index in [0.29, 0.717) is 5.69 Å². The number of hydrogen-bond acceptors (Lipinski definition) is 3. The number of hydrogen-bond donors (Lipinski definition) is 1. The second kappa shape index (κ2) is 2.70. The molecule has 2 heterocycles. The van der Waals surface area contributed by atoms with Gasteiger partial charge in [-0.1, -0.05) is 0 Å². The van der Waals surface area contributed by atoms with Crippen LogP contribution in [-0.4, -0.2) is 22.2 Å². The Kier molecular flexibility index (Phi) is 1.69. The smallest absolute Gasteiger partial charge is 0.170 e. The molecule has 3 nitrogen and oxygen atoms in total. The Morgan fingerprint density at radius 1 is 1.64 bits per heavy atom. The van der Waals surface area contributed by atoms with Gasteiger partial charge >= 0.3 is 0 Å². The molecule has 0 atom stereocenters. The molecule has 1 aliphatic rings. The lowest BCUT2D eigenvalue weighted by Gasteiger charge is -2.08. The van der Waals surface area contributed by atoms with Gasteiger partial charge < -0.3 is 0 Å². The van der Waals surface area contributed by atoms with E-state index in [2.05, 4.69) is 10.2 Å². The minimum Gasteiger partial charge on any atom is -0.296 e. The summed E-state index contributed by atoms with van der Waals surface area (Å²) >= 11 is 1.87. The number of nitrogens with zero attached hydrogens (tertiary/aromatic N) is 1. The second-order valence-corrected chi connectivity index (χ2v) is 3.59. The van der Waals surface area contributed by atoms with E-state index >= 15 is 0 Å². The number of fused-ring (bicyclic) bond motifs is 1. The molecular formula is C7H8N2OS. The zero-order chi connectivity index (χ0) is 7.68. The molecule has 11 heavy (non-hydrogen) atoms.